The topological polar surface area (TPSA) is 67.1 Å². The van der Waals surface area contributed by atoms with E-state index >= 15 is 0 Å². The summed E-state index contributed by atoms with van der Waals surface area (Å²) in [5.41, 5.74) is 11.2. The average Bonchev–Trinajstić information content (AvgIpc) is 2.73. The van der Waals surface area contributed by atoms with Gasteiger partial charge in [-0.1, -0.05) is 56.2 Å². The van der Waals surface area contributed by atoms with E-state index in [0.717, 1.165) is 54.3 Å². The molecule has 0 amide bonds. The molecule has 0 unspecified atom stereocenters. The van der Waals surface area contributed by atoms with Gasteiger partial charge in [0, 0.05) is 18.3 Å². The Labute approximate surface area is 179 Å². The van der Waals surface area contributed by atoms with Gasteiger partial charge in [0.2, 0.25) is 0 Å². The van der Waals surface area contributed by atoms with E-state index in [0.29, 0.717) is 11.5 Å². The van der Waals surface area contributed by atoms with Crippen LogP contribution in [0.1, 0.15) is 37.3 Å². The molecular formula is C25H31N5. The summed E-state index contributed by atoms with van der Waals surface area (Å²) in [5, 5.41) is 3.36. The highest BCUT2D eigenvalue weighted by atomic mass is 15.3. The Hall–Kier alpha value is -3.34. The average molecular weight is 402 g/mol. The Balaban J connectivity index is 1.95. The number of aromatic nitrogens is 2. The zero-order valence-electron chi connectivity index (χ0n) is 18.2. The van der Waals surface area contributed by atoms with Crippen molar-refractivity contribution in [3.63, 3.8) is 0 Å². The molecule has 0 aliphatic rings. The lowest BCUT2D eigenvalue weighted by Crippen LogP contribution is -2.29. The number of nitrogen functional groups attached to an aromatic ring is 1. The molecule has 5 nitrogen and oxygen atoms in total. The third-order valence-electron chi connectivity index (χ3n) is 5.06. The molecule has 30 heavy (non-hydrogen) atoms. The lowest BCUT2D eigenvalue weighted by Gasteiger charge is -2.28. The van der Waals surface area contributed by atoms with Crippen molar-refractivity contribution in [2.24, 2.45) is 0 Å². The molecule has 0 saturated carbocycles. The molecule has 0 bridgehead atoms. The second-order valence-electron chi connectivity index (χ2n) is 7.58. The first-order valence-corrected chi connectivity index (χ1v) is 10.5. The maximum absolute atomic E-state index is 6.37. The fourth-order valence-corrected chi connectivity index (χ4v) is 3.35. The summed E-state index contributed by atoms with van der Waals surface area (Å²) >= 11 is 0. The van der Waals surface area contributed by atoms with E-state index in [1.54, 1.807) is 6.20 Å². The third-order valence-corrected chi connectivity index (χ3v) is 5.06. The minimum absolute atomic E-state index is 0.628. The second-order valence-corrected chi connectivity index (χ2v) is 7.58. The predicted octanol–water partition coefficient (Wildman–Crippen LogP) is 5.92. The van der Waals surface area contributed by atoms with E-state index in [4.69, 9.17) is 10.7 Å². The van der Waals surface area contributed by atoms with Gasteiger partial charge in [-0.3, -0.25) is 0 Å². The van der Waals surface area contributed by atoms with Crippen molar-refractivity contribution in [2.75, 3.05) is 22.5 Å². The van der Waals surface area contributed by atoms with Gasteiger partial charge < -0.3 is 16.0 Å². The third kappa shape index (κ3) is 5.17. The molecular weight excluding hydrogens is 370 g/mol. The van der Waals surface area contributed by atoms with Gasteiger partial charge in [0.1, 0.15) is 11.6 Å². The number of nitrogens with one attached hydrogen (secondary N) is 1. The summed E-state index contributed by atoms with van der Waals surface area (Å²) in [5.74, 6) is 2.22. The standard InChI is InChI=1S/C25H31N5/c1-5-6-7-16-30(20(4)28-24-19(3)11-9-15-27-24)25-22(26)13-14-23(29-25)21-12-8-10-18(2)17-21/h8-15,17H,4-7,16,26H2,1-3H3,(H,27,28). The van der Waals surface area contributed by atoms with Crippen molar-refractivity contribution in [2.45, 2.75) is 40.0 Å². The van der Waals surface area contributed by atoms with Crippen molar-refractivity contribution in [3.8, 4) is 11.3 Å². The normalized spacial score (nSPS) is 10.6. The smallest absolute Gasteiger partial charge is 0.158 e. The molecule has 0 aliphatic carbocycles. The summed E-state index contributed by atoms with van der Waals surface area (Å²) in [6, 6.07) is 16.2. The van der Waals surface area contributed by atoms with Crippen LogP contribution in [0.25, 0.3) is 11.3 Å². The highest BCUT2D eigenvalue weighted by Crippen LogP contribution is 2.29. The molecule has 0 fully saturated rings. The zero-order chi connectivity index (χ0) is 21.5. The minimum atomic E-state index is 0.628. The summed E-state index contributed by atoms with van der Waals surface area (Å²) in [6.45, 7) is 11.4. The maximum atomic E-state index is 6.37. The Kier molecular flexibility index (Phi) is 7.07. The summed E-state index contributed by atoms with van der Waals surface area (Å²) < 4.78 is 0. The van der Waals surface area contributed by atoms with Crippen LogP contribution in [0.15, 0.2) is 67.1 Å². The molecule has 0 atom stereocenters. The minimum Gasteiger partial charge on any atom is -0.396 e. The van der Waals surface area contributed by atoms with Gasteiger partial charge >= 0.3 is 0 Å². The quantitative estimate of drug-likeness (QED) is 0.435. The molecule has 2 heterocycles. The number of anilines is 3. The van der Waals surface area contributed by atoms with Gasteiger partial charge in [-0.2, -0.15) is 0 Å². The van der Waals surface area contributed by atoms with Gasteiger partial charge in [-0.15, -0.1) is 0 Å². The number of unbranched alkanes of at least 4 members (excludes halogenated alkanes) is 2. The molecule has 2 aromatic heterocycles. The molecule has 0 spiro atoms. The molecule has 3 rings (SSSR count). The highest BCUT2D eigenvalue weighted by molar-refractivity contribution is 5.72. The Morgan fingerprint density at radius 1 is 1.10 bits per heavy atom. The van der Waals surface area contributed by atoms with Crippen molar-refractivity contribution in [1.82, 2.24) is 9.97 Å². The van der Waals surface area contributed by atoms with Crippen LogP contribution >= 0.6 is 0 Å². The Bertz CT molecular complexity index is 1010. The van der Waals surface area contributed by atoms with E-state index in [1.807, 2.05) is 37.3 Å². The molecule has 3 aromatic rings. The predicted molar refractivity (Wildman–Crippen MR) is 127 cm³/mol. The first-order valence-electron chi connectivity index (χ1n) is 10.5. The van der Waals surface area contributed by atoms with Crippen molar-refractivity contribution >= 4 is 17.3 Å². The molecule has 5 heteroatoms. The number of hydrogen-bond donors (Lipinski definition) is 2. The first-order chi connectivity index (χ1) is 14.5. The van der Waals surface area contributed by atoms with E-state index in [9.17, 15) is 0 Å². The van der Waals surface area contributed by atoms with Gasteiger partial charge in [-0.05, 0) is 50.1 Å². The molecule has 1 aromatic carbocycles. The van der Waals surface area contributed by atoms with Gasteiger partial charge in [0.25, 0.3) is 0 Å². The van der Waals surface area contributed by atoms with E-state index in [1.165, 1.54) is 5.56 Å². The molecule has 3 N–H and O–H groups in total. The van der Waals surface area contributed by atoms with Crippen LogP contribution in [0.2, 0.25) is 0 Å². The largest absolute Gasteiger partial charge is 0.396 e. The SMILES string of the molecule is C=C(Nc1ncccc1C)N(CCCCC)c1nc(-c2cccc(C)c2)ccc1N. The van der Waals surface area contributed by atoms with Crippen LogP contribution in [0, 0.1) is 13.8 Å². The fraction of sp³-hybridized carbons (Fsp3) is 0.280. The number of pyridine rings is 2. The number of benzene rings is 1. The van der Waals surface area contributed by atoms with E-state index < -0.39 is 0 Å². The Morgan fingerprint density at radius 2 is 1.93 bits per heavy atom. The number of hydrogen-bond acceptors (Lipinski definition) is 5. The molecule has 156 valence electrons. The van der Waals surface area contributed by atoms with Crippen molar-refractivity contribution < 1.29 is 0 Å². The first kappa shape index (κ1) is 21.4. The van der Waals surface area contributed by atoms with Crippen LogP contribution in [-0.4, -0.2) is 16.5 Å². The van der Waals surface area contributed by atoms with Crippen molar-refractivity contribution in [1.29, 1.82) is 0 Å². The highest BCUT2D eigenvalue weighted by Gasteiger charge is 2.17. The van der Waals surface area contributed by atoms with Gasteiger partial charge in [-0.25, -0.2) is 9.97 Å². The van der Waals surface area contributed by atoms with Crippen LogP contribution in [-0.2, 0) is 0 Å². The summed E-state index contributed by atoms with van der Waals surface area (Å²) in [7, 11) is 0. The van der Waals surface area contributed by atoms with Crippen molar-refractivity contribution in [3.05, 3.63) is 78.3 Å². The Morgan fingerprint density at radius 3 is 2.67 bits per heavy atom. The van der Waals surface area contributed by atoms with E-state index in [-0.39, 0.29) is 0 Å². The molecule has 0 saturated heterocycles. The number of rotatable bonds is 9. The molecule has 0 aliphatic heterocycles. The summed E-state index contributed by atoms with van der Waals surface area (Å²) in [6.07, 6.45) is 5.06. The summed E-state index contributed by atoms with van der Waals surface area (Å²) in [4.78, 5) is 11.4. The van der Waals surface area contributed by atoms with Crippen LogP contribution in [0.4, 0.5) is 17.3 Å². The lowest BCUT2D eigenvalue weighted by molar-refractivity contribution is 0.703. The van der Waals surface area contributed by atoms with Crippen LogP contribution in [0.5, 0.6) is 0 Å². The fourth-order valence-electron chi connectivity index (χ4n) is 3.35. The lowest BCUT2D eigenvalue weighted by atomic mass is 10.1. The zero-order valence-corrected chi connectivity index (χ0v) is 18.2. The maximum Gasteiger partial charge on any atom is 0.158 e. The number of aryl methyl sites for hydroxylation is 2. The number of nitrogens with zero attached hydrogens (tertiary/aromatic N) is 3. The number of nitrogens with two attached hydrogens (primary N) is 1. The van der Waals surface area contributed by atoms with Gasteiger partial charge in [0.15, 0.2) is 5.82 Å². The monoisotopic (exact) mass is 401 g/mol. The van der Waals surface area contributed by atoms with Gasteiger partial charge in [0.05, 0.1) is 11.4 Å². The van der Waals surface area contributed by atoms with Crippen LogP contribution < -0.4 is 16.0 Å². The van der Waals surface area contributed by atoms with Crippen LogP contribution in [0.3, 0.4) is 0 Å². The van der Waals surface area contributed by atoms with E-state index in [2.05, 4.69) is 53.8 Å². The second kappa shape index (κ2) is 9.92. The molecule has 0 radical (unpaired) electrons.